The lowest BCUT2D eigenvalue weighted by Gasteiger charge is -2.19. The fraction of sp³-hybridized carbons (Fsp3) is 0.364. The molecule has 0 aliphatic carbocycles. The fourth-order valence-corrected chi connectivity index (χ4v) is 3.60. The second kappa shape index (κ2) is 7.43. The number of hydrogen-bond acceptors (Lipinski definition) is 3. The number of nitrogens with zero attached hydrogens (tertiary/aromatic N) is 1. The van der Waals surface area contributed by atoms with Crippen molar-refractivity contribution in [2.24, 2.45) is 5.92 Å². The SMILES string of the molecule is CC(C)C[C@H](NC(=O)Cc1ccc2c(c1)OCC2)c1nc2ccccc2[nH]1. The highest BCUT2D eigenvalue weighted by Crippen LogP contribution is 2.27. The lowest BCUT2D eigenvalue weighted by molar-refractivity contribution is -0.121. The van der Waals surface area contributed by atoms with Crippen LogP contribution in [-0.2, 0) is 17.6 Å². The summed E-state index contributed by atoms with van der Waals surface area (Å²) in [7, 11) is 0. The number of aromatic amines is 1. The zero-order valence-corrected chi connectivity index (χ0v) is 15.8. The number of aromatic nitrogens is 2. The second-order valence-corrected chi connectivity index (χ2v) is 7.61. The van der Waals surface area contributed by atoms with Crippen molar-refractivity contribution < 1.29 is 9.53 Å². The maximum absolute atomic E-state index is 12.7. The molecule has 27 heavy (non-hydrogen) atoms. The molecule has 2 N–H and O–H groups in total. The number of para-hydroxylation sites is 2. The molecule has 0 radical (unpaired) electrons. The van der Waals surface area contributed by atoms with E-state index in [0.29, 0.717) is 12.3 Å². The minimum atomic E-state index is -0.129. The van der Waals surface area contributed by atoms with Gasteiger partial charge in [0.25, 0.3) is 0 Å². The summed E-state index contributed by atoms with van der Waals surface area (Å²) in [5, 5.41) is 3.17. The van der Waals surface area contributed by atoms with Crippen LogP contribution in [0.15, 0.2) is 42.5 Å². The topological polar surface area (TPSA) is 67.0 Å². The Hall–Kier alpha value is -2.82. The van der Waals surface area contributed by atoms with Gasteiger partial charge in [0.05, 0.1) is 30.1 Å². The summed E-state index contributed by atoms with van der Waals surface area (Å²) in [6.07, 6.45) is 2.12. The van der Waals surface area contributed by atoms with Crippen molar-refractivity contribution in [1.29, 1.82) is 0 Å². The average molecular weight is 363 g/mol. The predicted octanol–water partition coefficient (Wildman–Crippen LogP) is 3.94. The molecule has 1 aliphatic rings. The Labute approximate surface area is 159 Å². The number of carbonyl (C=O) groups is 1. The Morgan fingerprint density at radius 2 is 2.11 bits per heavy atom. The highest BCUT2D eigenvalue weighted by atomic mass is 16.5. The van der Waals surface area contributed by atoms with Gasteiger partial charge in [-0.3, -0.25) is 4.79 Å². The fourth-order valence-electron chi connectivity index (χ4n) is 3.60. The molecule has 0 unspecified atom stereocenters. The minimum absolute atomic E-state index is 0.000877. The highest BCUT2D eigenvalue weighted by molar-refractivity contribution is 5.79. The summed E-state index contributed by atoms with van der Waals surface area (Å²) in [6.45, 7) is 5.03. The Morgan fingerprint density at radius 1 is 1.26 bits per heavy atom. The molecule has 1 aromatic heterocycles. The number of amides is 1. The molecule has 2 aromatic carbocycles. The predicted molar refractivity (Wildman–Crippen MR) is 106 cm³/mol. The molecule has 1 atom stereocenters. The van der Waals surface area contributed by atoms with E-state index < -0.39 is 0 Å². The zero-order chi connectivity index (χ0) is 18.8. The van der Waals surface area contributed by atoms with Crippen molar-refractivity contribution in [1.82, 2.24) is 15.3 Å². The maximum atomic E-state index is 12.7. The number of fused-ring (bicyclic) bond motifs is 2. The third-order valence-corrected chi connectivity index (χ3v) is 4.91. The normalized spacial score (nSPS) is 14.2. The van der Waals surface area contributed by atoms with Crippen molar-refractivity contribution >= 4 is 16.9 Å². The van der Waals surface area contributed by atoms with Crippen LogP contribution >= 0.6 is 0 Å². The zero-order valence-electron chi connectivity index (χ0n) is 15.8. The van der Waals surface area contributed by atoms with E-state index in [4.69, 9.17) is 4.74 Å². The maximum Gasteiger partial charge on any atom is 0.225 e. The van der Waals surface area contributed by atoms with Crippen LogP contribution in [0, 0.1) is 5.92 Å². The van der Waals surface area contributed by atoms with Gasteiger partial charge >= 0.3 is 0 Å². The standard InChI is InChI=1S/C22H25N3O2/c1-14(2)11-19(22-24-17-5-3-4-6-18(17)25-22)23-21(26)13-15-7-8-16-9-10-27-20(16)12-15/h3-8,12,14,19H,9-11,13H2,1-2H3,(H,23,26)(H,24,25)/t19-/m0/s1. The number of carbonyl (C=O) groups excluding carboxylic acids is 1. The molecule has 2 heterocycles. The van der Waals surface area contributed by atoms with E-state index in [1.165, 1.54) is 5.56 Å². The van der Waals surface area contributed by atoms with Crippen LogP contribution in [-0.4, -0.2) is 22.5 Å². The van der Waals surface area contributed by atoms with Crippen LogP contribution in [0.1, 0.15) is 43.3 Å². The molecule has 4 rings (SSSR count). The smallest absolute Gasteiger partial charge is 0.225 e. The molecule has 0 fully saturated rings. The van der Waals surface area contributed by atoms with Gasteiger partial charge in [-0.15, -0.1) is 0 Å². The van der Waals surface area contributed by atoms with Gasteiger partial charge in [-0.25, -0.2) is 4.98 Å². The average Bonchev–Trinajstić information content (AvgIpc) is 3.26. The van der Waals surface area contributed by atoms with Crippen LogP contribution in [0.4, 0.5) is 0 Å². The molecule has 0 saturated heterocycles. The Balaban J connectivity index is 1.50. The Kier molecular flexibility index (Phi) is 4.84. The number of rotatable bonds is 6. The first-order chi connectivity index (χ1) is 13.1. The summed E-state index contributed by atoms with van der Waals surface area (Å²) in [6, 6.07) is 13.9. The number of H-pyrrole nitrogens is 1. The van der Waals surface area contributed by atoms with Crippen LogP contribution < -0.4 is 10.1 Å². The Morgan fingerprint density at radius 3 is 2.93 bits per heavy atom. The van der Waals surface area contributed by atoms with Crippen LogP contribution in [0.5, 0.6) is 5.75 Å². The van der Waals surface area contributed by atoms with Gasteiger partial charge in [0.2, 0.25) is 5.91 Å². The molecule has 0 bridgehead atoms. The molecule has 0 saturated carbocycles. The van der Waals surface area contributed by atoms with E-state index in [9.17, 15) is 4.79 Å². The van der Waals surface area contributed by atoms with Gasteiger partial charge in [-0.2, -0.15) is 0 Å². The third-order valence-electron chi connectivity index (χ3n) is 4.91. The lowest BCUT2D eigenvalue weighted by atomic mass is 10.0. The number of ether oxygens (including phenoxy) is 1. The van der Waals surface area contributed by atoms with Crippen molar-refractivity contribution in [2.45, 2.75) is 39.2 Å². The van der Waals surface area contributed by atoms with Gasteiger partial charge in [0.15, 0.2) is 0 Å². The molecule has 5 heteroatoms. The van der Waals surface area contributed by atoms with E-state index in [1.807, 2.05) is 36.4 Å². The first-order valence-corrected chi connectivity index (χ1v) is 9.57. The first kappa shape index (κ1) is 17.6. The van der Waals surface area contributed by atoms with Crippen molar-refractivity contribution in [3.8, 4) is 5.75 Å². The summed E-state index contributed by atoms with van der Waals surface area (Å²) >= 11 is 0. The molecule has 140 valence electrons. The molecule has 5 nitrogen and oxygen atoms in total. The lowest BCUT2D eigenvalue weighted by Crippen LogP contribution is -2.31. The number of hydrogen-bond donors (Lipinski definition) is 2. The van der Waals surface area contributed by atoms with E-state index in [0.717, 1.165) is 47.6 Å². The summed E-state index contributed by atoms with van der Waals surface area (Å²) in [5.41, 5.74) is 4.11. The quantitative estimate of drug-likeness (QED) is 0.697. The largest absolute Gasteiger partial charge is 0.493 e. The molecule has 0 spiro atoms. The van der Waals surface area contributed by atoms with Gasteiger partial charge in [-0.05, 0) is 41.7 Å². The van der Waals surface area contributed by atoms with Gasteiger partial charge in [0, 0.05) is 6.42 Å². The monoisotopic (exact) mass is 363 g/mol. The molecule has 1 amide bonds. The van der Waals surface area contributed by atoms with Crippen LogP contribution in [0.2, 0.25) is 0 Å². The van der Waals surface area contributed by atoms with E-state index in [1.54, 1.807) is 0 Å². The van der Waals surface area contributed by atoms with Gasteiger partial charge < -0.3 is 15.0 Å². The van der Waals surface area contributed by atoms with Crippen LogP contribution in [0.25, 0.3) is 11.0 Å². The van der Waals surface area contributed by atoms with E-state index in [-0.39, 0.29) is 11.9 Å². The first-order valence-electron chi connectivity index (χ1n) is 9.57. The third kappa shape index (κ3) is 3.97. The summed E-state index contributed by atoms with van der Waals surface area (Å²) in [4.78, 5) is 20.7. The van der Waals surface area contributed by atoms with Crippen molar-refractivity contribution in [3.63, 3.8) is 0 Å². The van der Waals surface area contributed by atoms with Crippen LogP contribution in [0.3, 0.4) is 0 Å². The molecular formula is C22H25N3O2. The van der Waals surface area contributed by atoms with Gasteiger partial charge in [-0.1, -0.05) is 38.1 Å². The summed E-state index contributed by atoms with van der Waals surface area (Å²) < 4.78 is 5.61. The highest BCUT2D eigenvalue weighted by Gasteiger charge is 2.20. The van der Waals surface area contributed by atoms with E-state index in [2.05, 4.69) is 35.2 Å². The number of imidazole rings is 1. The second-order valence-electron chi connectivity index (χ2n) is 7.61. The number of nitrogens with one attached hydrogen (secondary N) is 2. The van der Waals surface area contributed by atoms with Gasteiger partial charge in [0.1, 0.15) is 11.6 Å². The van der Waals surface area contributed by atoms with Crippen molar-refractivity contribution in [2.75, 3.05) is 6.61 Å². The Bertz CT molecular complexity index is 928. The molecule has 1 aliphatic heterocycles. The van der Waals surface area contributed by atoms with Crippen molar-refractivity contribution in [3.05, 3.63) is 59.4 Å². The number of benzene rings is 2. The van der Waals surface area contributed by atoms with E-state index >= 15 is 0 Å². The summed E-state index contributed by atoms with van der Waals surface area (Å²) in [5.74, 6) is 2.17. The molecule has 3 aromatic rings. The minimum Gasteiger partial charge on any atom is -0.493 e. The molecular weight excluding hydrogens is 338 g/mol.